The highest BCUT2D eigenvalue weighted by atomic mass is 35.7. The molecular weight excluding hydrogens is 253 g/mol. The minimum Gasteiger partial charge on any atom is -0.450 e. The van der Waals surface area contributed by atoms with Crippen molar-refractivity contribution in [1.29, 1.82) is 0 Å². The van der Waals surface area contributed by atoms with E-state index in [0.29, 0.717) is 0 Å². The molecule has 16 heavy (non-hydrogen) atoms. The lowest BCUT2D eigenvalue weighted by atomic mass is 10.4. The molecule has 1 aromatic carbocycles. The molecule has 2 rings (SSSR count). The van der Waals surface area contributed by atoms with Gasteiger partial charge >= 0.3 is 13.3 Å². The van der Waals surface area contributed by atoms with Gasteiger partial charge in [0.25, 0.3) is 11.2 Å². The van der Waals surface area contributed by atoms with Crippen molar-refractivity contribution >= 4 is 24.6 Å². The molecule has 1 aromatic rings. The van der Waals surface area contributed by atoms with Crippen molar-refractivity contribution in [2.24, 2.45) is 5.73 Å². The van der Waals surface area contributed by atoms with Crippen LogP contribution >= 0.6 is 18.6 Å². The number of fused-ring (bicyclic) bond motifs is 1. The average Bonchev–Trinajstić information content (AvgIpc) is 2.95. The predicted octanol–water partition coefficient (Wildman–Crippen LogP) is 2.57. The zero-order valence-electron chi connectivity index (χ0n) is 8.42. The monoisotopic (exact) mass is 262 g/mol. The van der Waals surface area contributed by atoms with Gasteiger partial charge in [0, 0.05) is 4.57 Å². The summed E-state index contributed by atoms with van der Waals surface area (Å²) in [6.07, 6.45) is 0. The lowest BCUT2D eigenvalue weighted by molar-refractivity contribution is -0.134. The second-order valence-corrected chi connectivity index (χ2v) is 4.40. The first-order chi connectivity index (χ1) is 7.50. The van der Waals surface area contributed by atoms with Gasteiger partial charge in [0.05, 0.1) is 0 Å². The van der Waals surface area contributed by atoms with Gasteiger partial charge in [-0.15, -0.1) is 0 Å². The quantitative estimate of drug-likeness (QED) is 0.664. The predicted molar refractivity (Wildman–Crippen MR) is 59.7 cm³/mol. The lowest BCUT2D eigenvalue weighted by Gasteiger charge is -1.92. The second kappa shape index (κ2) is 5.80. The van der Waals surface area contributed by atoms with Gasteiger partial charge in [-0.3, -0.25) is 0 Å². The Morgan fingerprint density at radius 2 is 2.00 bits per heavy atom. The number of carbonyl (C=O) groups is 1. The number of benzene rings is 1. The third kappa shape index (κ3) is 4.57. The van der Waals surface area contributed by atoms with E-state index in [0.717, 1.165) is 11.5 Å². The molecule has 2 unspecified atom stereocenters. The van der Waals surface area contributed by atoms with E-state index in [1.165, 1.54) is 6.92 Å². The zero-order chi connectivity index (χ0) is 12.1. The zero-order valence-corrected chi connectivity index (χ0v) is 10.1. The summed E-state index contributed by atoms with van der Waals surface area (Å²) >= 11 is 4.83. The summed E-state index contributed by atoms with van der Waals surface area (Å²) < 4.78 is 18.9. The van der Waals surface area contributed by atoms with Crippen LogP contribution in [0.4, 0.5) is 0 Å². The van der Waals surface area contributed by atoms with Crippen molar-refractivity contribution in [3.63, 3.8) is 0 Å². The molecule has 2 N–H and O–H groups in total. The molecule has 0 spiro atoms. The summed E-state index contributed by atoms with van der Waals surface area (Å²) in [6, 6.07) is 7.06. The Hall–Kier alpha value is -1.16. The number of rotatable bonds is 2. The lowest BCUT2D eigenvalue weighted by Crippen LogP contribution is -2.26. The van der Waals surface area contributed by atoms with E-state index in [2.05, 4.69) is 4.52 Å². The molecule has 0 aliphatic carbocycles. The third-order valence-corrected chi connectivity index (χ3v) is 2.09. The molecule has 0 saturated heterocycles. The van der Waals surface area contributed by atoms with Gasteiger partial charge in [-0.25, -0.2) is 4.79 Å². The fourth-order valence-electron chi connectivity index (χ4n) is 0.765. The van der Waals surface area contributed by atoms with Crippen LogP contribution in [0.15, 0.2) is 24.3 Å². The molecule has 0 saturated carbocycles. The van der Waals surface area contributed by atoms with Crippen molar-refractivity contribution in [1.82, 2.24) is 0 Å². The number of hydrogen-bond donors (Lipinski definition) is 1. The van der Waals surface area contributed by atoms with Crippen molar-refractivity contribution in [3.05, 3.63) is 24.3 Å². The van der Waals surface area contributed by atoms with Gasteiger partial charge in [-0.1, -0.05) is 12.1 Å². The van der Waals surface area contributed by atoms with Crippen LogP contribution in [0.2, 0.25) is 0 Å². The summed E-state index contributed by atoms with van der Waals surface area (Å²) in [4.78, 5) is 10.3. The number of hydrogen-bond acceptors (Lipinski definition) is 5. The molecule has 1 aliphatic heterocycles. The van der Waals surface area contributed by atoms with Crippen LogP contribution < -0.4 is 10.5 Å². The highest BCUT2D eigenvalue weighted by Gasteiger charge is 2.23. The first kappa shape index (κ1) is 12.9. The number of nitrogens with two attached hydrogens (primary N) is 1. The molecule has 1 heterocycles. The number of para-hydroxylation sites is 2. The summed E-state index contributed by atoms with van der Waals surface area (Å²) in [5, 5.41) is 0. The Morgan fingerprint density at radius 3 is 2.25 bits per heavy atom. The van der Waals surface area contributed by atoms with Crippen LogP contribution in [-0.2, 0) is 13.9 Å². The van der Waals surface area contributed by atoms with Crippen LogP contribution in [0.25, 0.3) is 0 Å². The second-order valence-electron chi connectivity index (χ2n) is 2.96. The molecule has 0 radical (unpaired) electrons. The van der Waals surface area contributed by atoms with Crippen molar-refractivity contribution in [3.8, 4) is 11.5 Å². The molecule has 5 nitrogen and oxygen atoms in total. The summed E-state index contributed by atoms with van der Waals surface area (Å²) in [6.45, 7) is 1.41. The molecule has 0 aromatic heterocycles. The minimum absolute atomic E-state index is 0.758. The summed E-state index contributed by atoms with van der Waals surface area (Å²) in [5.74, 6) is 1.30. The van der Waals surface area contributed by atoms with E-state index in [1.807, 2.05) is 24.3 Å². The smallest absolute Gasteiger partial charge is 0.450 e. The molecule has 86 valence electrons. The van der Waals surface area contributed by atoms with Gasteiger partial charge in [-0.2, -0.15) is 4.52 Å². The third-order valence-electron chi connectivity index (χ3n) is 1.56. The Kier molecular flexibility index (Phi) is 4.68. The Balaban J connectivity index is 0.000000163. The molecule has 0 bridgehead atoms. The van der Waals surface area contributed by atoms with E-state index >= 15 is 0 Å². The Morgan fingerprint density at radius 1 is 1.50 bits per heavy atom. The van der Waals surface area contributed by atoms with Gasteiger partial charge in [0.2, 0.25) is 0 Å². The van der Waals surface area contributed by atoms with Gasteiger partial charge in [0.1, 0.15) is 6.04 Å². The van der Waals surface area contributed by atoms with Crippen LogP contribution in [0, 0.1) is 0 Å². The van der Waals surface area contributed by atoms with E-state index in [9.17, 15) is 9.36 Å². The van der Waals surface area contributed by atoms with Crippen LogP contribution in [-0.4, -0.2) is 12.0 Å². The first-order valence-electron chi connectivity index (χ1n) is 4.38. The summed E-state index contributed by atoms with van der Waals surface area (Å²) in [5.41, 5.74) is 5.02. The molecule has 1 aliphatic rings. The highest BCUT2D eigenvalue weighted by molar-refractivity contribution is 7.70. The molecule has 0 amide bonds. The van der Waals surface area contributed by atoms with E-state index < -0.39 is 19.4 Å². The fourth-order valence-corrected chi connectivity index (χ4v) is 1.28. The van der Waals surface area contributed by atoms with Crippen LogP contribution in [0.5, 0.6) is 11.5 Å². The SMILES string of the molecule is CC(N)C(=O)O[P+](=O)Cl.c1ccc2c(c1)O2. The van der Waals surface area contributed by atoms with Crippen molar-refractivity contribution in [2.45, 2.75) is 13.0 Å². The van der Waals surface area contributed by atoms with E-state index in [4.69, 9.17) is 21.7 Å². The average molecular weight is 263 g/mol. The first-order valence-corrected chi connectivity index (χ1v) is 6.46. The topological polar surface area (TPSA) is 81.9 Å². The number of ether oxygens (including phenoxy) is 1. The summed E-state index contributed by atoms with van der Waals surface area (Å²) in [7, 11) is -2.38. The maximum Gasteiger partial charge on any atom is 0.686 e. The van der Waals surface area contributed by atoms with Gasteiger partial charge in [-0.05, 0) is 19.1 Å². The van der Waals surface area contributed by atoms with E-state index in [-0.39, 0.29) is 0 Å². The maximum atomic E-state index is 10.3. The minimum atomic E-state index is -2.38. The fraction of sp³-hybridized carbons (Fsp3) is 0.222. The number of halogens is 1. The van der Waals surface area contributed by atoms with Crippen molar-refractivity contribution in [2.75, 3.05) is 0 Å². The normalized spacial score (nSPS) is 13.3. The van der Waals surface area contributed by atoms with Crippen molar-refractivity contribution < 1.29 is 18.6 Å². The maximum absolute atomic E-state index is 10.3. The van der Waals surface area contributed by atoms with Crippen LogP contribution in [0.3, 0.4) is 0 Å². The molecule has 0 fully saturated rings. The Bertz CT molecular complexity index is 389. The standard InChI is InChI=1S/C6H4O.C3H6ClNO3P/c1-2-4-6-5(3-1)7-6;1-2(5)3(6)8-9(4)7/h1-4H;2H,5H2,1H3/q;+1. The highest BCUT2D eigenvalue weighted by Crippen LogP contribution is 2.43. The number of carbonyl (C=O) groups excluding carboxylic acids is 1. The van der Waals surface area contributed by atoms with Gasteiger partial charge < -0.3 is 10.5 Å². The van der Waals surface area contributed by atoms with E-state index in [1.54, 1.807) is 0 Å². The molecular formula is C9H10ClNO4P+. The largest absolute Gasteiger partial charge is 0.686 e. The molecule has 2 atom stereocenters. The van der Waals surface area contributed by atoms with Gasteiger partial charge in [0.15, 0.2) is 11.5 Å². The van der Waals surface area contributed by atoms with Crippen LogP contribution in [0.1, 0.15) is 6.92 Å². The Labute approximate surface area is 98.1 Å². The molecule has 7 heteroatoms.